The zero-order valence-corrected chi connectivity index (χ0v) is 14.4. The van der Waals surface area contributed by atoms with Crippen LogP contribution >= 0.6 is 0 Å². The minimum atomic E-state index is -1.04. The standard InChI is InChI=1S/C20H21NO5/c1-2-16-15(10-18(23)24)19-14(20(25)26)4-3-5-17(19)21(16)11-12-6-8-13(22)9-7-12/h3-9,15-16,22H,2,10-11H2,1H3,(H,23,24)(H,25,26). The molecule has 0 spiro atoms. The molecule has 2 unspecified atom stereocenters. The van der Waals surface area contributed by atoms with E-state index < -0.39 is 11.9 Å². The number of carboxylic acid groups (broad SMARTS) is 2. The molecule has 0 saturated carbocycles. The molecule has 2 aromatic rings. The topological polar surface area (TPSA) is 98.1 Å². The number of hydrogen-bond acceptors (Lipinski definition) is 4. The van der Waals surface area contributed by atoms with Gasteiger partial charge in [0.1, 0.15) is 5.75 Å². The minimum Gasteiger partial charge on any atom is -0.508 e. The van der Waals surface area contributed by atoms with Gasteiger partial charge in [0.15, 0.2) is 0 Å². The Bertz CT molecular complexity index is 831. The Kier molecular flexibility index (Phi) is 4.84. The summed E-state index contributed by atoms with van der Waals surface area (Å²) in [6.07, 6.45) is 0.589. The van der Waals surface area contributed by atoms with Crippen LogP contribution in [0, 0.1) is 0 Å². The molecule has 1 aliphatic rings. The van der Waals surface area contributed by atoms with E-state index in [0.717, 1.165) is 11.3 Å². The van der Waals surface area contributed by atoms with Gasteiger partial charge in [-0.2, -0.15) is 0 Å². The number of phenolic OH excluding ortho intramolecular Hbond substituents is 1. The Hall–Kier alpha value is -3.02. The van der Waals surface area contributed by atoms with E-state index >= 15 is 0 Å². The average Bonchev–Trinajstić information content (AvgIpc) is 2.89. The van der Waals surface area contributed by atoms with Crippen LogP contribution in [0.4, 0.5) is 5.69 Å². The molecule has 0 aliphatic carbocycles. The molecule has 136 valence electrons. The number of aromatic hydroxyl groups is 1. The number of hydrogen-bond donors (Lipinski definition) is 3. The highest BCUT2D eigenvalue weighted by Crippen LogP contribution is 2.46. The highest BCUT2D eigenvalue weighted by Gasteiger charge is 2.40. The van der Waals surface area contributed by atoms with Crippen molar-refractivity contribution in [1.82, 2.24) is 0 Å². The molecule has 0 saturated heterocycles. The third kappa shape index (κ3) is 3.22. The molecule has 1 aliphatic heterocycles. The lowest BCUT2D eigenvalue weighted by Crippen LogP contribution is -2.33. The molecule has 2 aromatic carbocycles. The van der Waals surface area contributed by atoms with E-state index in [-0.39, 0.29) is 29.7 Å². The van der Waals surface area contributed by atoms with Crippen LogP contribution in [0.15, 0.2) is 42.5 Å². The zero-order chi connectivity index (χ0) is 18.8. The van der Waals surface area contributed by atoms with Crippen molar-refractivity contribution in [3.8, 4) is 5.75 Å². The normalized spacial score (nSPS) is 18.6. The van der Waals surface area contributed by atoms with Crippen molar-refractivity contribution < 1.29 is 24.9 Å². The number of aromatic carboxylic acids is 1. The van der Waals surface area contributed by atoms with Gasteiger partial charge in [-0.25, -0.2) is 4.79 Å². The fourth-order valence-corrected chi connectivity index (χ4v) is 3.90. The second-order valence-corrected chi connectivity index (χ2v) is 6.52. The number of carboxylic acids is 2. The van der Waals surface area contributed by atoms with Gasteiger partial charge in [-0.15, -0.1) is 0 Å². The fourth-order valence-electron chi connectivity index (χ4n) is 3.90. The van der Waals surface area contributed by atoms with Gasteiger partial charge >= 0.3 is 11.9 Å². The van der Waals surface area contributed by atoms with Crippen LogP contribution in [0.2, 0.25) is 0 Å². The highest BCUT2D eigenvalue weighted by molar-refractivity contribution is 5.93. The lowest BCUT2D eigenvalue weighted by molar-refractivity contribution is -0.137. The Labute approximate surface area is 151 Å². The number of phenols is 1. The second kappa shape index (κ2) is 7.07. The van der Waals surface area contributed by atoms with Crippen molar-refractivity contribution in [3.05, 3.63) is 59.2 Å². The van der Waals surface area contributed by atoms with Crippen LogP contribution in [0.5, 0.6) is 5.75 Å². The molecule has 26 heavy (non-hydrogen) atoms. The number of benzene rings is 2. The third-order valence-electron chi connectivity index (χ3n) is 4.96. The first-order valence-corrected chi connectivity index (χ1v) is 8.55. The smallest absolute Gasteiger partial charge is 0.336 e. The first-order valence-electron chi connectivity index (χ1n) is 8.55. The van der Waals surface area contributed by atoms with E-state index in [1.807, 2.05) is 25.1 Å². The summed E-state index contributed by atoms with van der Waals surface area (Å²) in [6, 6.07) is 11.8. The average molecular weight is 355 g/mol. The predicted molar refractivity (Wildman–Crippen MR) is 96.8 cm³/mol. The maximum absolute atomic E-state index is 11.7. The van der Waals surface area contributed by atoms with E-state index in [2.05, 4.69) is 4.90 Å². The number of nitrogens with zero attached hydrogens (tertiary/aromatic N) is 1. The summed E-state index contributed by atoms with van der Waals surface area (Å²) in [5, 5.41) is 28.4. The minimum absolute atomic E-state index is 0.101. The van der Waals surface area contributed by atoms with Crippen molar-refractivity contribution in [3.63, 3.8) is 0 Å². The van der Waals surface area contributed by atoms with Crippen LogP contribution in [0.3, 0.4) is 0 Å². The molecule has 0 aromatic heterocycles. The molecule has 0 radical (unpaired) electrons. The van der Waals surface area contributed by atoms with E-state index in [1.165, 1.54) is 6.07 Å². The van der Waals surface area contributed by atoms with Crippen LogP contribution in [-0.4, -0.2) is 33.3 Å². The van der Waals surface area contributed by atoms with Crippen molar-refractivity contribution in [1.29, 1.82) is 0 Å². The number of aliphatic carboxylic acids is 1. The van der Waals surface area contributed by atoms with E-state index in [0.29, 0.717) is 18.5 Å². The van der Waals surface area contributed by atoms with Crippen molar-refractivity contribution in [2.45, 2.75) is 38.3 Å². The quantitative estimate of drug-likeness (QED) is 0.734. The largest absolute Gasteiger partial charge is 0.508 e. The summed E-state index contributed by atoms with van der Waals surface area (Å²) in [5.41, 5.74) is 2.51. The van der Waals surface area contributed by atoms with Crippen LogP contribution < -0.4 is 4.90 Å². The number of carbonyl (C=O) groups is 2. The Morgan fingerprint density at radius 2 is 1.77 bits per heavy atom. The van der Waals surface area contributed by atoms with Crippen molar-refractivity contribution in [2.24, 2.45) is 0 Å². The van der Waals surface area contributed by atoms with Gasteiger partial charge in [0.05, 0.1) is 12.0 Å². The summed E-state index contributed by atoms with van der Waals surface area (Å²) in [5.74, 6) is -2.18. The summed E-state index contributed by atoms with van der Waals surface area (Å²) >= 11 is 0. The van der Waals surface area contributed by atoms with Crippen LogP contribution in [-0.2, 0) is 11.3 Å². The van der Waals surface area contributed by atoms with Gasteiger partial charge in [-0.1, -0.05) is 25.1 Å². The van der Waals surface area contributed by atoms with Crippen LogP contribution in [0.25, 0.3) is 0 Å². The Balaban J connectivity index is 2.07. The van der Waals surface area contributed by atoms with Gasteiger partial charge in [0, 0.05) is 24.2 Å². The van der Waals surface area contributed by atoms with Gasteiger partial charge in [0.25, 0.3) is 0 Å². The lowest BCUT2D eigenvalue weighted by atomic mass is 9.87. The Morgan fingerprint density at radius 3 is 2.35 bits per heavy atom. The molecule has 3 rings (SSSR count). The molecule has 1 heterocycles. The third-order valence-corrected chi connectivity index (χ3v) is 4.96. The zero-order valence-electron chi connectivity index (χ0n) is 14.4. The van der Waals surface area contributed by atoms with Gasteiger partial charge in [-0.3, -0.25) is 4.79 Å². The monoisotopic (exact) mass is 355 g/mol. The summed E-state index contributed by atoms with van der Waals surface area (Å²) < 4.78 is 0. The van der Waals surface area contributed by atoms with Gasteiger partial charge in [-0.05, 0) is 41.8 Å². The number of anilines is 1. The Morgan fingerprint density at radius 1 is 1.08 bits per heavy atom. The van der Waals surface area contributed by atoms with E-state index in [4.69, 9.17) is 0 Å². The van der Waals surface area contributed by atoms with Crippen molar-refractivity contribution >= 4 is 17.6 Å². The highest BCUT2D eigenvalue weighted by atomic mass is 16.4. The molecule has 3 N–H and O–H groups in total. The summed E-state index contributed by atoms with van der Waals surface area (Å²) in [4.78, 5) is 25.2. The van der Waals surface area contributed by atoms with E-state index in [1.54, 1.807) is 18.2 Å². The molecule has 2 atom stereocenters. The molecular formula is C20H21NO5. The fraction of sp³-hybridized carbons (Fsp3) is 0.300. The first-order chi connectivity index (χ1) is 12.4. The SMILES string of the molecule is CCC1C(CC(=O)O)c2c(C(=O)O)cccc2N1Cc1ccc(O)cc1. The maximum atomic E-state index is 11.7. The molecule has 0 amide bonds. The summed E-state index contributed by atoms with van der Waals surface area (Å²) in [6.45, 7) is 2.50. The molecule has 0 fully saturated rings. The predicted octanol–water partition coefficient (Wildman–Crippen LogP) is 3.45. The molecular weight excluding hydrogens is 334 g/mol. The van der Waals surface area contributed by atoms with Crippen LogP contribution in [0.1, 0.15) is 47.2 Å². The molecule has 6 nitrogen and oxygen atoms in total. The molecule has 6 heteroatoms. The van der Waals surface area contributed by atoms with Gasteiger partial charge < -0.3 is 20.2 Å². The molecule has 0 bridgehead atoms. The second-order valence-electron chi connectivity index (χ2n) is 6.52. The number of fused-ring (bicyclic) bond motifs is 1. The first kappa shape index (κ1) is 17.8. The summed E-state index contributed by atoms with van der Waals surface area (Å²) in [7, 11) is 0. The lowest BCUT2D eigenvalue weighted by Gasteiger charge is -2.29. The van der Waals surface area contributed by atoms with Gasteiger partial charge in [0.2, 0.25) is 0 Å². The van der Waals surface area contributed by atoms with Crippen molar-refractivity contribution in [2.75, 3.05) is 4.90 Å². The number of rotatable bonds is 6. The maximum Gasteiger partial charge on any atom is 0.336 e. The van der Waals surface area contributed by atoms with E-state index in [9.17, 15) is 24.9 Å².